The van der Waals surface area contributed by atoms with E-state index < -0.39 is 11.4 Å². The third kappa shape index (κ3) is 7.22. The highest BCUT2D eigenvalue weighted by Crippen LogP contribution is 2.63. The third-order valence-electron chi connectivity index (χ3n) is 14.8. The molecule has 4 aromatic rings. The molecule has 0 unspecified atom stereocenters. The van der Waals surface area contributed by atoms with Gasteiger partial charge in [0, 0.05) is 82.0 Å². The number of imidazole rings is 2. The lowest BCUT2D eigenvalue weighted by Crippen LogP contribution is -2.42. The second-order valence-corrected chi connectivity index (χ2v) is 18.0. The lowest BCUT2D eigenvalue weighted by Gasteiger charge is -2.36. The van der Waals surface area contributed by atoms with Gasteiger partial charge in [0.15, 0.2) is 11.6 Å². The van der Waals surface area contributed by atoms with E-state index in [1.165, 1.54) is 5.57 Å². The molecule has 2 aliphatic heterocycles. The summed E-state index contributed by atoms with van der Waals surface area (Å²) in [7, 11) is 3.87. The first-order valence-electron chi connectivity index (χ1n) is 21.6. The van der Waals surface area contributed by atoms with Gasteiger partial charge in [-0.2, -0.15) is 0 Å². The number of allylic oxidation sites excluding steroid dienone is 2. The molecule has 2 aromatic carbocycles. The number of aliphatic carboxylic acids is 1. The lowest BCUT2D eigenvalue weighted by atomic mass is 9.78. The summed E-state index contributed by atoms with van der Waals surface area (Å²) in [6.07, 6.45) is 14.3. The minimum absolute atomic E-state index is 0.183. The number of carboxylic acid groups (broad SMARTS) is 1. The molecule has 310 valence electrons. The quantitative estimate of drug-likeness (QED) is 0.139. The van der Waals surface area contributed by atoms with Gasteiger partial charge in [0.1, 0.15) is 0 Å². The minimum Gasteiger partial charge on any atom is -0.481 e. The molecule has 9 rings (SSSR count). The Hall–Kier alpha value is -5.07. The number of hydrogen-bond acceptors (Lipinski definition) is 7. The summed E-state index contributed by atoms with van der Waals surface area (Å²) in [4.78, 5) is 51.8. The number of benzene rings is 2. The van der Waals surface area contributed by atoms with Gasteiger partial charge in [-0.15, -0.1) is 0 Å². The topological polar surface area (TPSA) is 144 Å². The van der Waals surface area contributed by atoms with E-state index in [0.29, 0.717) is 29.8 Å². The molecule has 2 saturated carbocycles. The number of carbonyl (C=O) groups excluding carboxylic acids is 2. The number of nitrogens with one attached hydrogen (secondary N) is 2. The molecule has 2 aromatic heterocycles. The molecule has 12 heteroatoms. The van der Waals surface area contributed by atoms with Crippen molar-refractivity contribution in [1.29, 1.82) is 0 Å². The molecule has 3 N–H and O–H groups in total. The van der Waals surface area contributed by atoms with Gasteiger partial charge in [0.25, 0.3) is 11.8 Å². The number of amides is 2. The molecule has 2 bridgehead atoms. The van der Waals surface area contributed by atoms with Crippen molar-refractivity contribution in [1.82, 2.24) is 24.0 Å². The highest BCUT2D eigenvalue weighted by atomic mass is 16.5. The summed E-state index contributed by atoms with van der Waals surface area (Å²) in [5, 5.41) is 16.2. The Balaban J connectivity index is 0.861. The van der Waals surface area contributed by atoms with Crippen molar-refractivity contribution in [3.63, 3.8) is 0 Å². The number of fused-ring (bicyclic) bond motifs is 4. The molecule has 0 radical (unpaired) electrons. The molecule has 1 saturated heterocycles. The van der Waals surface area contributed by atoms with E-state index in [0.717, 1.165) is 154 Å². The Labute approximate surface area is 346 Å². The van der Waals surface area contributed by atoms with Crippen molar-refractivity contribution in [3.8, 4) is 11.1 Å². The number of hydrogen-bond donors (Lipinski definition) is 3. The molecule has 5 aliphatic rings. The van der Waals surface area contributed by atoms with E-state index in [4.69, 9.17) is 14.7 Å². The Bertz CT molecular complexity index is 2360. The van der Waals surface area contributed by atoms with Gasteiger partial charge in [-0.3, -0.25) is 19.3 Å². The second kappa shape index (κ2) is 15.5. The summed E-state index contributed by atoms with van der Waals surface area (Å²) in [6, 6.07) is 12.3. The zero-order valence-corrected chi connectivity index (χ0v) is 35.0. The van der Waals surface area contributed by atoms with Gasteiger partial charge in [0.05, 0.1) is 16.8 Å². The van der Waals surface area contributed by atoms with Gasteiger partial charge >= 0.3 is 5.97 Å². The van der Waals surface area contributed by atoms with Crippen LogP contribution in [0.25, 0.3) is 11.1 Å². The van der Waals surface area contributed by atoms with Crippen LogP contribution in [-0.2, 0) is 49.4 Å². The van der Waals surface area contributed by atoms with Crippen LogP contribution in [0.4, 0.5) is 11.4 Å². The molecular formula is C47H57N7O5. The van der Waals surface area contributed by atoms with E-state index in [1.807, 2.05) is 73.5 Å². The SMILES string of the molecule is Cc1c(NC(=O)c2nc3c(n2C)CCC(CCC24CCC(C(=O)O)(CC2)C4)=CC3)cccc1-c1cccc(NC(=O)c2nc3c(n2C)CCN(C2CCOCC2)C3)c1C. The predicted octanol–water partition coefficient (Wildman–Crippen LogP) is 7.71. The number of rotatable bonds is 10. The number of ether oxygens (including phenoxy) is 1. The summed E-state index contributed by atoms with van der Waals surface area (Å²) >= 11 is 0. The lowest BCUT2D eigenvalue weighted by molar-refractivity contribution is -0.148. The van der Waals surface area contributed by atoms with Crippen LogP contribution in [0.2, 0.25) is 0 Å². The van der Waals surface area contributed by atoms with Crippen LogP contribution in [0.1, 0.15) is 119 Å². The number of carboxylic acids is 1. The van der Waals surface area contributed by atoms with Crippen molar-refractivity contribution in [2.45, 2.75) is 110 Å². The summed E-state index contributed by atoms with van der Waals surface area (Å²) in [5.74, 6) is -0.274. The fourth-order valence-electron chi connectivity index (χ4n) is 11.1. The standard InChI is InChI=1S/C47H57N7O5/c1-29-33(34-8-6-10-36(30(34)2)51-44(56)42-49-38-27-54(24-16-40(38)53(42)4)32-17-25-59-26-18-32)7-5-9-35(29)50-43(55)41-48-37-13-11-31(12-14-39(37)52(41)3)15-19-46-20-22-47(28-46,23-21-46)45(57)58/h5-11,32H,12-28H2,1-4H3,(H,50,55)(H,51,56)(H,57,58). The van der Waals surface area contributed by atoms with Gasteiger partial charge in [-0.25, -0.2) is 9.97 Å². The molecular weight excluding hydrogens is 743 g/mol. The molecule has 2 amide bonds. The van der Waals surface area contributed by atoms with Gasteiger partial charge in [-0.05, 0) is 124 Å². The smallest absolute Gasteiger partial charge is 0.309 e. The summed E-state index contributed by atoms with van der Waals surface area (Å²) in [6.45, 7) is 7.34. The van der Waals surface area contributed by atoms with Crippen molar-refractivity contribution in [2.24, 2.45) is 24.9 Å². The van der Waals surface area contributed by atoms with E-state index >= 15 is 0 Å². The maximum atomic E-state index is 13.9. The van der Waals surface area contributed by atoms with Crippen molar-refractivity contribution < 1.29 is 24.2 Å². The van der Waals surface area contributed by atoms with E-state index in [2.05, 4.69) is 21.6 Å². The number of nitrogens with zero attached hydrogens (tertiary/aromatic N) is 5. The van der Waals surface area contributed by atoms with Crippen LogP contribution in [0.3, 0.4) is 0 Å². The first-order chi connectivity index (χ1) is 28.4. The highest BCUT2D eigenvalue weighted by molar-refractivity contribution is 6.04. The Morgan fingerprint density at radius 1 is 0.814 bits per heavy atom. The van der Waals surface area contributed by atoms with Gasteiger partial charge in [0.2, 0.25) is 0 Å². The normalized spacial score (nSPS) is 23.0. The van der Waals surface area contributed by atoms with Crippen LogP contribution in [0, 0.1) is 24.7 Å². The Kier molecular flexibility index (Phi) is 10.4. The maximum absolute atomic E-state index is 13.9. The molecule has 0 spiro atoms. The largest absolute Gasteiger partial charge is 0.481 e. The molecule has 12 nitrogen and oxygen atoms in total. The van der Waals surface area contributed by atoms with Crippen molar-refractivity contribution in [2.75, 3.05) is 30.4 Å². The molecule has 3 fully saturated rings. The molecule has 0 atom stereocenters. The molecule has 4 heterocycles. The zero-order chi connectivity index (χ0) is 41.1. The number of carbonyl (C=O) groups is 3. The fourth-order valence-corrected chi connectivity index (χ4v) is 11.1. The van der Waals surface area contributed by atoms with Crippen LogP contribution in [-0.4, -0.2) is 72.7 Å². The Morgan fingerprint density at radius 3 is 2.00 bits per heavy atom. The molecule has 3 aliphatic carbocycles. The minimum atomic E-state index is -0.602. The van der Waals surface area contributed by atoms with Crippen LogP contribution in [0.5, 0.6) is 0 Å². The summed E-state index contributed by atoms with van der Waals surface area (Å²) < 4.78 is 9.48. The third-order valence-corrected chi connectivity index (χ3v) is 14.8. The van der Waals surface area contributed by atoms with E-state index in [-0.39, 0.29) is 17.2 Å². The average Bonchev–Trinajstić information content (AvgIpc) is 3.96. The fraction of sp³-hybridized carbons (Fsp3) is 0.511. The highest BCUT2D eigenvalue weighted by Gasteiger charge is 2.57. The first-order valence-corrected chi connectivity index (χ1v) is 21.6. The first kappa shape index (κ1) is 39.4. The maximum Gasteiger partial charge on any atom is 0.309 e. The van der Waals surface area contributed by atoms with Gasteiger partial charge < -0.3 is 29.6 Å². The number of aromatic nitrogens is 4. The van der Waals surface area contributed by atoms with Gasteiger partial charge in [-0.1, -0.05) is 35.9 Å². The van der Waals surface area contributed by atoms with Crippen LogP contribution >= 0.6 is 0 Å². The zero-order valence-electron chi connectivity index (χ0n) is 35.0. The average molecular weight is 800 g/mol. The van der Waals surface area contributed by atoms with E-state index in [9.17, 15) is 19.5 Å². The van der Waals surface area contributed by atoms with Crippen LogP contribution < -0.4 is 10.6 Å². The molecule has 59 heavy (non-hydrogen) atoms. The van der Waals surface area contributed by atoms with Crippen molar-refractivity contribution >= 4 is 29.2 Å². The van der Waals surface area contributed by atoms with Crippen LogP contribution in [0.15, 0.2) is 48.0 Å². The van der Waals surface area contributed by atoms with E-state index in [1.54, 1.807) is 0 Å². The monoisotopic (exact) mass is 799 g/mol. The van der Waals surface area contributed by atoms with Crippen molar-refractivity contribution in [3.05, 3.63) is 93.6 Å². The number of anilines is 2. The Morgan fingerprint density at radius 2 is 1.41 bits per heavy atom. The predicted molar refractivity (Wildman–Crippen MR) is 227 cm³/mol. The summed E-state index contributed by atoms with van der Waals surface area (Å²) in [5.41, 5.74) is 10.5. The second-order valence-electron chi connectivity index (χ2n) is 18.0.